The number of halogens is 2. The lowest BCUT2D eigenvalue weighted by molar-refractivity contribution is 0.314. The molecular formula is C14H13F2NO. The van der Waals surface area contributed by atoms with Gasteiger partial charge in [-0.15, -0.1) is 0 Å². The van der Waals surface area contributed by atoms with Crippen molar-refractivity contribution in [3.05, 3.63) is 60.2 Å². The van der Waals surface area contributed by atoms with Gasteiger partial charge in [0.15, 0.2) is 11.6 Å². The maximum atomic E-state index is 13.2. The predicted molar refractivity (Wildman–Crippen MR) is 66.8 cm³/mol. The van der Waals surface area contributed by atoms with Crippen LogP contribution in [0.4, 0.5) is 14.5 Å². The van der Waals surface area contributed by atoms with E-state index in [4.69, 9.17) is 4.74 Å². The number of ether oxygens (including phenoxy) is 1. The Labute approximate surface area is 104 Å². The fourth-order valence-corrected chi connectivity index (χ4v) is 1.50. The Kier molecular flexibility index (Phi) is 4.12. The molecule has 0 aliphatic rings. The lowest BCUT2D eigenvalue weighted by Crippen LogP contribution is -2.11. The number of para-hydroxylation sites is 1. The smallest absolute Gasteiger partial charge is 0.167 e. The highest BCUT2D eigenvalue weighted by Gasteiger charge is 2.03. The summed E-state index contributed by atoms with van der Waals surface area (Å²) in [5, 5.41) is 3.12. The van der Waals surface area contributed by atoms with Crippen LogP contribution in [0.3, 0.4) is 0 Å². The van der Waals surface area contributed by atoms with E-state index in [1.807, 2.05) is 30.3 Å². The summed E-state index contributed by atoms with van der Waals surface area (Å²) in [6.07, 6.45) is 0. The number of nitrogens with one attached hydrogen (secondary N) is 1. The molecule has 0 spiro atoms. The van der Waals surface area contributed by atoms with Crippen LogP contribution in [-0.4, -0.2) is 13.2 Å². The molecule has 0 fully saturated rings. The molecule has 2 aromatic rings. The fraction of sp³-hybridized carbons (Fsp3) is 0.143. The molecule has 0 bridgehead atoms. The maximum Gasteiger partial charge on any atom is 0.167 e. The molecule has 1 N–H and O–H groups in total. The Balaban J connectivity index is 1.79. The van der Waals surface area contributed by atoms with Gasteiger partial charge < -0.3 is 10.1 Å². The lowest BCUT2D eigenvalue weighted by Gasteiger charge is -2.09. The molecule has 2 nitrogen and oxygen atoms in total. The van der Waals surface area contributed by atoms with Crippen LogP contribution in [0.5, 0.6) is 5.75 Å². The number of benzene rings is 2. The second-order valence-corrected chi connectivity index (χ2v) is 3.72. The molecule has 0 saturated carbocycles. The lowest BCUT2D eigenvalue weighted by atomic mass is 10.3. The Morgan fingerprint density at radius 1 is 1.00 bits per heavy atom. The van der Waals surface area contributed by atoms with Crippen LogP contribution in [0.15, 0.2) is 48.5 Å². The van der Waals surface area contributed by atoms with Crippen molar-refractivity contribution < 1.29 is 13.5 Å². The molecule has 0 heterocycles. The van der Waals surface area contributed by atoms with E-state index in [1.54, 1.807) is 0 Å². The summed E-state index contributed by atoms with van der Waals surface area (Å²) >= 11 is 0. The average Bonchev–Trinajstić information content (AvgIpc) is 2.38. The summed E-state index contributed by atoms with van der Waals surface area (Å²) in [5.74, 6) is -1.23. The summed E-state index contributed by atoms with van der Waals surface area (Å²) in [5.41, 5.74) is 0.973. The van der Waals surface area contributed by atoms with E-state index < -0.39 is 11.6 Å². The summed E-state index contributed by atoms with van der Waals surface area (Å²) in [7, 11) is 0. The molecule has 0 unspecified atom stereocenters. The third-order valence-corrected chi connectivity index (χ3v) is 2.36. The van der Waals surface area contributed by atoms with E-state index in [0.717, 1.165) is 11.8 Å². The first-order chi connectivity index (χ1) is 8.75. The highest BCUT2D eigenvalue weighted by atomic mass is 19.1. The average molecular weight is 249 g/mol. The summed E-state index contributed by atoms with van der Waals surface area (Å²) in [4.78, 5) is 0. The van der Waals surface area contributed by atoms with Gasteiger partial charge in [-0.25, -0.2) is 8.78 Å². The summed E-state index contributed by atoms with van der Waals surface area (Å²) in [6.45, 7) is 0.846. The van der Waals surface area contributed by atoms with Crippen molar-refractivity contribution in [2.75, 3.05) is 18.5 Å². The zero-order valence-electron chi connectivity index (χ0n) is 9.70. The highest BCUT2D eigenvalue weighted by molar-refractivity contribution is 5.42. The zero-order valence-corrected chi connectivity index (χ0v) is 9.70. The van der Waals surface area contributed by atoms with E-state index in [0.29, 0.717) is 13.2 Å². The van der Waals surface area contributed by atoms with Gasteiger partial charge in [0.05, 0.1) is 0 Å². The van der Waals surface area contributed by atoms with Crippen molar-refractivity contribution in [3.8, 4) is 5.75 Å². The van der Waals surface area contributed by atoms with Crippen LogP contribution in [0.1, 0.15) is 0 Å². The van der Waals surface area contributed by atoms with E-state index in [9.17, 15) is 8.78 Å². The van der Waals surface area contributed by atoms with Gasteiger partial charge in [0.1, 0.15) is 12.4 Å². The molecular weight excluding hydrogens is 236 g/mol. The molecule has 18 heavy (non-hydrogen) atoms. The van der Waals surface area contributed by atoms with Crippen molar-refractivity contribution in [1.82, 2.24) is 0 Å². The van der Waals surface area contributed by atoms with Crippen molar-refractivity contribution in [1.29, 1.82) is 0 Å². The molecule has 0 aliphatic carbocycles. The van der Waals surface area contributed by atoms with Crippen LogP contribution in [-0.2, 0) is 0 Å². The van der Waals surface area contributed by atoms with Gasteiger partial charge in [-0.2, -0.15) is 0 Å². The monoisotopic (exact) mass is 249 g/mol. The van der Waals surface area contributed by atoms with Gasteiger partial charge in [-0.1, -0.05) is 18.2 Å². The molecule has 0 saturated heterocycles. The topological polar surface area (TPSA) is 21.3 Å². The number of hydrogen-bond acceptors (Lipinski definition) is 2. The standard InChI is InChI=1S/C14H13F2NO/c15-11-6-7-14(13(16)10-11)18-9-8-17-12-4-2-1-3-5-12/h1-7,10,17H,8-9H2. The maximum absolute atomic E-state index is 13.2. The van der Waals surface area contributed by atoms with Crippen LogP contribution in [0, 0.1) is 11.6 Å². The first-order valence-corrected chi connectivity index (χ1v) is 5.62. The van der Waals surface area contributed by atoms with Crippen molar-refractivity contribution in [2.45, 2.75) is 0 Å². The normalized spacial score (nSPS) is 10.1. The molecule has 0 aromatic heterocycles. The summed E-state index contributed by atoms with van der Waals surface area (Å²) < 4.78 is 31.1. The molecule has 2 aromatic carbocycles. The van der Waals surface area contributed by atoms with Crippen LogP contribution in [0.25, 0.3) is 0 Å². The van der Waals surface area contributed by atoms with Gasteiger partial charge in [0, 0.05) is 18.3 Å². The quantitative estimate of drug-likeness (QED) is 0.819. The molecule has 0 aliphatic heterocycles. The molecule has 4 heteroatoms. The Morgan fingerprint density at radius 2 is 1.78 bits per heavy atom. The minimum atomic E-state index is -0.685. The van der Waals surface area contributed by atoms with Gasteiger partial charge in [-0.05, 0) is 24.3 Å². The van der Waals surface area contributed by atoms with Gasteiger partial charge in [0.25, 0.3) is 0 Å². The van der Waals surface area contributed by atoms with E-state index in [1.165, 1.54) is 12.1 Å². The Bertz CT molecular complexity index is 502. The van der Waals surface area contributed by atoms with E-state index in [-0.39, 0.29) is 5.75 Å². The molecule has 0 amide bonds. The molecule has 0 atom stereocenters. The first-order valence-electron chi connectivity index (χ1n) is 5.62. The molecule has 94 valence electrons. The van der Waals surface area contributed by atoms with Gasteiger partial charge in [0.2, 0.25) is 0 Å². The second-order valence-electron chi connectivity index (χ2n) is 3.72. The third-order valence-electron chi connectivity index (χ3n) is 2.36. The van der Waals surface area contributed by atoms with Crippen LogP contribution >= 0.6 is 0 Å². The largest absolute Gasteiger partial charge is 0.489 e. The van der Waals surface area contributed by atoms with Crippen molar-refractivity contribution in [2.24, 2.45) is 0 Å². The Morgan fingerprint density at radius 3 is 2.50 bits per heavy atom. The van der Waals surface area contributed by atoms with E-state index in [2.05, 4.69) is 5.32 Å². The van der Waals surface area contributed by atoms with Gasteiger partial charge in [-0.3, -0.25) is 0 Å². The van der Waals surface area contributed by atoms with Gasteiger partial charge >= 0.3 is 0 Å². The van der Waals surface area contributed by atoms with Crippen molar-refractivity contribution >= 4 is 5.69 Å². The number of anilines is 1. The van der Waals surface area contributed by atoms with E-state index >= 15 is 0 Å². The first kappa shape index (κ1) is 12.4. The number of hydrogen-bond donors (Lipinski definition) is 1. The minimum Gasteiger partial charge on any atom is -0.489 e. The zero-order chi connectivity index (χ0) is 12.8. The highest BCUT2D eigenvalue weighted by Crippen LogP contribution is 2.17. The molecule has 2 rings (SSSR count). The second kappa shape index (κ2) is 6.00. The summed E-state index contributed by atoms with van der Waals surface area (Å²) in [6, 6.07) is 12.9. The van der Waals surface area contributed by atoms with Crippen molar-refractivity contribution in [3.63, 3.8) is 0 Å². The molecule has 0 radical (unpaired) electrons. The third kappa shape index (κ3) is 3.45. The predicted octanol–water partition coefficient (Wildman–Crippen LogP) is 3.46. The van der Waals surface area contributed by atoms with Crippen LogP contribution < -0.4 is 10.1 Å². The fourth-order valence-electron chi connectivity index (χ4n) is 1.50. The SMILES string of the molecule is Fc1ccc(OCCNc2ccccc2)c(F)c1. The number of rotatable bonds is 5. The Hall–Kier alpha value is -2.10. The van der Waals surface area contributed by atoms with Crippen LogP contribution in [0.2, 0.25) is 0 Å². The minimum absolute atomic E-state index is 0.0614.